The molecule has 0 heterocycles. The molecule has 0 aliphatic heterocycles. The summed E-state index contributed by atoms with van der Waals surface area (Å²) in [6, 6.07) is 14.4. The van der Waals surface area contributed by atoms with Crippen molar-refractivity contribution >= 4 is 11.6 Å². The third-order valence-electron chi connectivity index (χ3n) is 3.29. The molecule has 3 nitrogen and oxygen atoms in total. The molecule has 0 saturated carbocycles. The molecule has 0 atom stereocenters. The molecular formula is C18H22N2O. The van der Waals surface area contributed by atoms with Crippen LogP contribution in [-0.2, 0) is 11.3 Å². The van der Waals surface area contributed by atoms with Crippen LogP contribution in [-0.4, -0.2) is 12.5 Å². The molecule has 2 N–H and O–H groups in total. The predicted octanol–water partition coefficient (Wildman–Crippen LogP) is 3.34. The smallest absolute Gasteiger partial charge is 0.239 e. The van der Waals surface area contributed by atoms with E-state index in [4.69, 9.17) is 0 Å². The molecule has 0 unspecified atom stereocenters. The highest BCUT2D eigenvalue weighted by Crippen LogP contribution is 2.13. The number of carbonyl (C=O) groups excluding carboxylic acids is 1. The van der Waals surface area contributed by atoms with Crippen LogP contribution in [0.2, 0.25) is 0 Å². The molecule has 0 bridgehead atoms. The van der Waals surface area contributed by atoms with Gasteiger partial charge in [-0.2, -0.15) is 0 Å². The van der Waals surface area contributed by atoms with Gasteiger partial charge < -0.3 is 10.6 Å². The summed E-state index contributed by atoms with van der Waals surface area (Å²) in [7, 11) is 0. The largest absolute Gasteiger partial charge is 0.376 e. The van der Waals surface area contributed by atoms with Crippen LogP contribution < -0.4 is 10.6 Å². The van der Waals surface area contributed by atoms with Crippen LogP contribution in [0.1, 0.15) is 22.3 Å². The zero-order chi connectivity index (χ0) is 15.2. The first-order chi connectivity index (χ1) is 10.0. The summed E-state index contributed by atoms with van der Waals surface area (Å²) in [6.07, 6.45) is 0. The minimum absolute atomic E-state index is 0.00488. The van der Waals surface area contributed by atoms with Crippen molar-refractivity contribution in [2.75, 3.05) is 11.9 Å². The minimum atomic E-state index is -0.00488. The summed E-state index contributed by atoms with van der Waals surface area (Å²) in [5, 5.41) is 6.08. The van der Waals surface area contributed by atoms with Crippen LogP contribution in [0.15, 0.2) is 42.5 Å². The van der Waals surface area contributed by atoms with Gasteiger partial charge in [-0.3, -0.25) is 4.79 Å². The van der Waals surface area contributed by atoms with Gasteiger partial charge in [-0.05, 0) is 49.6 Å². The number of aryl methyl sites for hydroxylation is 3. The van der Waals surface area contributed by atoms with Crippen molar-refractivity contribution in [2.24, 2.45) is 0 Å². The molecule has 0 saturated heterocycles. The van der Waals surface area contributed by atoms with Gasteiger partial charge in [0, 0.05) is 12.2 Å². The summed E-state index contributed by atoms with van der Waals surface area (Å²) in [4.78, 5) is 11.9. The average Bonchev–Trinajstić information content (AvgIpc) is 2.43. The summed E-state index contributed by atoms with van der Waals surface area (Å²) in [6.45, 7) is 7.00. The topological polar surface area (TPSA) is 41.1 Å². The number of rotatable bonds is 5. The SMILES string of the molecule is Cc1ccc(CNC(=O)CNc2cc(C)cc(C)c2)cc1. The molecule has 110 valence electrons. The van der Waals surface area contributed by atoms with Gasteiger partial charge in [0.05, 0.1) is 6.54 Å². The highest BCUT2D eigenvalue weighted by molar-refractivity contribution is 5.80. The summed E-state index contributed by atoms with van der Waals surface area (Å²) in [5.41, 5.74) is 5.70. The maximum absolute atomic E-state index is 11.9. The van der Waals surface area contributed by atoms with E-state index in [1.54, 1.807) is 0 Å². The number of hydrogen-bond acceptors (Lipinski definition) is 2. The fourth-order valence-corrected chi connectivity index (χ4v) is 2.23. The van der Waals surface area contributed by atoms with E-state index >= 15 is 0 Å². The number of benzene rings is 2. The molecule has 0 radical (unpaired) electrons. The first-order valence-corrected chi connectivity index (χ1v) is 7.17. The molecule has 0 aliphatic carbocycles. The zero-order valence-corrected chi connectivity index (χ0v) is 12.9. The zero-order valence-electron chi connectivity index (χ0n) is 12.9. The van der Waals surface area contributed by atoms with Crippen molar-refractivity contribution in [1.29, 1.82) is 0 Å². The lowest BCUT2D eigenvalue weighted by Crippen LogP contribution is -2.29. The van der Waals surface area contributed by atoms with Crippen LogP contribution in [0.25, 0.3) is 0 Å². The van der Waals surface area contributed by atoms with E-state index in [9.17, 15) is 4.79 Å². The molecular weight excluding hydrogens is 260 g/mol. The average molecular weight is 282 g/mol. The standard InChI is InChI=1S/C18H22N2O/c1-13-4-6-16(7-5-13)11-20-18(21)12-19-17-9-14(2)8-15(3)10-17/h4-10,19H,11-12H2,1-3H3,(H,20,21). The molecule has 0 spiro atoms. The second-order valence-electron chi connectivity index (χ2n) is 5.49. The van der Waals surface area contributed by atoms with Gasteiger partial charge in [0.15, 0.2) is 0 Å². The molecule has 0 aromatic heterocycles. The second kappa shape index (κ2) is 6.93. The fraction of sp³-hybridized carbons (Fsp3) is 0.278. The lowest BCUT2D eigenvalue weighted by molar-refractivity contribution is -0.119. The molecule has 21 heavy (non-hydrogen) atoms. The molecule has 0 fully saturated rings. The van der Waals surface area contributed by atoms with Crippen LogP contribution in [0.5, 0.6) is 0 Å². The molecule has 3 heteroatoms. The van der Waals surface area contributed by atoms with Crippen LogP contribution in [0, 0.1) is 20.8 Å². The highest BCUT2D eigenvalue weighted by atomic mass is 16.1. The molecule has 2 aromatic carbocycles. The van der Waals surface area contributed by atoms with Crippen LogP contribution in [0.4, 0.5) is 5.69 Å². The van der Waals surface area contributed by atoms with Gasteiger partial charge in [0.1, 0.15) is 0 Å². The van der Waals surface area contributed by atoms with E-state index in [1.807, 2.05) is 24.3 Å². The van der Waals surface area contributed by atoms with Gasteiger partial charge in [-0.1, -0.05) is 35.9 Å². The van der Waals surface area contributed by atoms with E-state index in [0.29, 0.717) is 6.54 Å². The Morgan fingerprint density at radius 2 is 1.52 bits per heavy atom. The highest BCUT2D eigenvalue weighted by Gasteiger charge is 2.02. The number of amides is 1. The molecule has 2 rings (SSSR count). The molecule has 0 aliphatic rings. The Labute approximate surface area is 126 Å². The minimum Gasteiger partial charge on any atom is -0.376 e. The van der Waals surface area contributed by atoms with E-state index in [-0.39, 0.29) is 12.5 Å². The maximum Gasteiger partial charge on any atom is 0.239 e. The first kappa shape index (κ1) is 15.1. The Kier molecular flexibility index (Phi) is 4.99. The van der Waals surface area contributed by atoms with Gasteiger partial charge >= 0.3 is 0 Å². The third kappa shape index (κ3) is 4.95. The lowest BCUT2D eigenvalue weighted by atomic mass is 10.1. The number of carbonyl (C=O) groups is 1. The summed E-state index contributed by atoms with van der Waals surface area (Å²) < 4.78 is 0. The van der Waals surface area contributed by atoms with Crippen molar-refractivity contribution in [3.63, 3.8) is 0 Å². The van der Waals surface area contributed by atoms with Crippen molar-refractivity contribution < 1.29 is 4.79 Å². The maximum atomic E-state index is 11.9. The Balaban J connectivity index is 1.80. The Morgan fingerprint density at radius 1 is 0.905 bits per heavy atom. The third-order valence-corrected chi connectivity index (χ3v) is 3.29. The van der Waals surface area contributed by atoms with E-state index in [1.165, 1.54) is 16.7 Å². The lowest BCUT2D eigenvalue weighted by Gasteiger charge is -2.09. The fourth-order valence-electron chi connectivity index (χ4n) is 2.23. The van der Waals surface area contributed by atoms with E-state index < -0.39 is 0 Å². The van der Waals surface area contributed by atoms with Gasteiger partial charge in [0.25, 0.3) is 0 Å². The predicted molar refractivity (Wildman–Crippen MR) is 87.4 cm³/mol. The monoisotopic (exact) mass is 282 g/mol. The summed E-state index contributed by atoms with van der Waals surface area (Å²) in [5.74, 6) is -0.00488. The summed E-state index contributed by atoms with van der Waals surface area (Å²) >= 11 is 0. The Morgan fingerprint density at radius 3 is 2.14 bits per heavy atom. The van der Waals surface area contributed by atoms with Crippen molar-refractivity contribution in [1.82, 2.24) is 5.32 Å². The Bertz CT molecular complexity index is 597. The quantitative estimate of drug-likeness (QED) is 0.883. The first-order valence-electron chi connectivity index (χ1n) is 7.17. The number of nitrogens with one attached hydrogen (secondary N) is 2. The van der Waals surface area contributed by atoms with E-state index in [0.717, 1.165) is 11.3 Å². The van der Waals surface area contributed by atoms with Gasteiger partial charge in [-0.15, -0.1) is 0 Å². The number of hydrogen-bond donors (Lipinski definition) is 2. The van der Waals surface area contributed by atoms with Crippen molar-refractivity contribution in [3.05, 3.63) is 64.7 Å². The van der Waals surface area contributed by atoms with Crippen LogP contribution >= 0.6 is 0 Å². The van der Waals surface area contributed by atoms with Crippen LogP contribution in [0.3, 0.4) is 0 Å². The molecule has 1 amide bonds. The van der Waals surface area contributed by atoms with Gasteiger partial charge in [-0.25, -0.2) is 0 Å². The number of anilines is 1. The second-order valence-corrected chi connectivity index (χ2v) is 5.49. The van der Waals surface area contributed by atoms with Crippen molar-refractivity contribution in [2.45, 2.75) is 27.3 Å². The van der Waals surface area contributed by atoms with E-state index in [2.05, 4.69) is 49.6 Å². The molecule has 2 aromatic rings. The van der Waals surface area contributed by atoms with Crippen molar-refractivity contribution in [3.8, 4) is 0 Å². The normalized spacial score (nSPS) is 10.2. The Hall–Kier alpha value is -2.29. The van der Waals surface area contributed by atoms with Gasteiger partial charge in [0.2, 0.25) is 5.91 Å².